The number of hydrogen-bond donors (Lipinski definition) is 1. The average molecular weight is 169 g/mol. The Bertz CT molecular complexity index is 222. The molecule has 12 heavy (non-hydrogen) atoms. The highest BCUT2D eigenvalue weighted by atomic mass is 16.5. The number of hydrogen-bond acceptors (Lipinski definition) is 3. The maximum atomic E-state index is 5.27. The van der Waals surface area contributed by atoms with E-state index in [0.29, 0.717) is 19.8 Å². The molecule has 0 unspecified atom stereocenters. The summed E-state index contributed by atoms with van der Waals surface area (Å²) in [4.78, 5) is 0. The largest absolute Gasteiger partial charge is 0.378 e. The van der Waals surface area contributed by atoms with Gasteiger partial charge in [-0.2, -0.15) is 5.10 Å². The van der Waals surface area contributed by atoms with Gasteiger partial charge in [0.05, 0.1) is 19.8 Å². The second kappa shape index (κ2) is 4.90. The van der Waals surface area contributed by atoms with Crippen LogP contribution in [0.25, 0.3) is 0 Å². The van der Waals surface area contributed by atoms with Crippen LogP contribution in [0.1, 0.15) is 5.69 Å². The molecule has 0 aliphatic carbocycles. The first-order chi connectivity index (χ1) is 5.84. The zero-order valence-corrected chi connectivity index (χ0v) is 7.36. The van der Waals surface area contributed by atoms with Gasteiger partial charge in [0.2, 0.25) is 0 Å². The molecule has 0 spiro atoms. The molecule has 0 aliphatic rings. The number of nitrogens with two attached hydrogens (primary N) is 1. The molecule has 4 heteroatoms. The van der Waals surface area contributed by atoms with Crippen LogP contribution >= 0.6 is 0 Å². The summed E-state index contributed by atoms with van der Waals surface area (Å²) in [5.74, 6) is 0. The molecular formula is C8H15N3O. The van der Waals surface area contributed by atoms with Crippen molar-refractivity contribution in [3.05, 3.63) is 18.0 Å². The Hall–Kier alpha value is -0.870. The summed E-state index contributed by atoms with van der Waals surface area (Å²) in [6, 6.07) is 1.98. The third kappa shape index (κ3) is 2.64. The lowest BCUT2D eigenvalue weighted by Gasteiger charge is -2.04. The number of nitrogens with zero attached hydrogens (tertiary/aromatic N) is 2. The SMILES string of the molecule is Cc1ccnn1CCOCCN. The quantitative estimate of drug-likeness (QED) is 0.639. The van der Waals surface area contributed by atoms with Gasteiger partial charge in [-0.1, -0.05) is 0 Å². The minimum atomic E-state index is 0.581. The molecule has 0 atom stereocenters. The topological polar surface area (TPSA) is 53.1 Å². The number of aromatic nitrogens is 2. The molecule has 4 nitrogen and oxygen atoms in total. The van der Waals surface area contributed by atoms with Crippen molar-refractivity contribution in [3.63, 3.8) is 0 Å². The summed E-state index contributed by atoms with van der Waals surface area (Å²) >= 11 is 0. The monoisotopic (exact) mass is 169 g/mol. The predicted molar refractivity (Wildman–Crippen MR) is 46.8 cm³/mol. The minimum Gasteiger partial charge on any atom is -0.378 e. The van der Waals surface area contributed by atoms with Crippen LogP contribution in [0.5, 0.6) is 0 Å². The molecule has 0 fully saturated rings. The van der Waals surface area contributed by atoms with Gasteiger partial charge in [-0.25, -0.2) is 0 Å². The second-order valence-corrected chi connectivity index (χ2v) is 2.60. The second-order valence-electron chi connectivity index (χ2n) is 2.60. The highest BCUT2D eigenvalue weighted by Gasteiger charge is 1.95. The molecule has 1 heterocycles. The summed E-state index contributed by atoms with van der Waals surface area (Å²) in [6.07, 6.45) is 1.79. The van der Waals surface area contributed by atoms with Crippen molar-refractivity contribution in [2.75, 3.05) is 19.8 Å². The van der Waals surface area contributed by atoms with Gasteiger partial charge in [0.25, 0.3) is 0 Å². The van der Waals surface area contributed by atoms with E-state index >= 15 is 0 Å². The van der Waals surface area contributed by atoms with Gasteiger partial charge in [-0.05, 0) is 13.0 Å². The van der Waals surface area contributed by atoms with Crippen molar-refractivity contribution in [3.8, 4) is 0 Å². The lowest BCUT2D eigenvalue weighted by molar-refractivity contribution is 0.130. The molecule has 0 saturated heterocycles. The summed E-state index contributed by atoms with van der Waals surface area (Å²) in [5, 5.41) is 4.12. The molecule has 0 bridgehead atoms. The molecule has 1 rings (SSSR count). The van der Waals surface area contributed by atoms with Gasteiger partial charge < -0.3 is 10.5 Å². The van der Waals surface area contributed by atoms with E-state index in [9.17, 15) is 0 Å². The fraction of sp³-hybridized carbons (Fsp3) is 0.625. The van der Waals surface area contributed by atoms with Crippen LogP contribution in [-0.2, 0) is 11.3 Å². The van der Waals surface area contributed by atoms with Gasteiger partial charge >= 0.3 is 0 Å². The summed E-state index contributed by atoms with van der Waals surface area (Å²) in [7, 11) is 0. The Morgan fingerprint density at radius 1 is 1.58 bits per heavy atom. The Labute approximate surface area is 72.3 Å². The van der Waals surface area contributed by atoms with Crippen LogP contribution in [-0.4, -0.2) is 29.5 Å². The Morgan fingerprint density at radius 3 is 3.00 bits per heavy atom. The predicted octanol–water partition coefficient (Wildman–Crippen LogP) is 0.167. The maximum absolute atomic E-state index is 5.27. The van der Waals surface area contributed by atoms with Crippen LogP contribution in [0.15, 0.2) is 12.3 Å². The van der Waals surface area contributed by atoms with Gasteiger partial charge in [0, 0.05) is 18.4 Å². The van der Waals surface area contributed by atoms with E-state index in [1.165, 1.54) is 0 Å². The van der Waals surface area contributed by atoms with Crippen molar-refractivity contribution in [1.29, 1.82) is 0 Å². The van der Waals surface area contributed by atoms with Gasteiger partial charge in [-0.3, -0.25) is 4.68 Å². The standard InChI is InChI=1S/C8H15N3O/c1-8-2-4-10-11(8)5-7-12-6-3-9/h2,4H,3,5-7,9H2,1H3. The molecular weight excluding hydrogens is 154 g/mol. The Balaban J connectivity index is 2.20. The third-order valence-electron chi connectivity index (χ3n) is 1.64. The fourth-order valence-electron chi connectivity index (χ4n) is 0.969. The van der Waals surface area contributed by atoms with Crippen molar-refractivity contribution in [2.24, 2.45) is 5.73 Å². The van der Waals surface area contributed by atoms with Crippen molar-refractivity contribution in [2.45, 2.75) is 13.5 Å². The van der Waals surface area contributed by atoms with E-state index in [4.69, 9.17) is 10.5 Å². The maximum Gasteiger partial charge on any atom is 0.0663 e. The van der Waals surface area contributed by atoms with Crippen LogP contribution in [0.3, 0.4) is 0 Å². The van der Waals surface area contributed by atoms with Crippen LogP contribution in [0.4, 0.5) is 0 Å². The summed E-state index contributed by atoms with van der Waals surface area (Å²) < 4.78 is 7.14. The molecule has 68 valence electrons. The van der Waals surface area contributed by atoms with Crippen LogP contribution in [0, 0.1) is 6.92 Å². The molecule has 0 aromatic carbocycles. The van der Waals surface area contributed by atoms with E-state index in [-0.39, 0.29) is 0 Å². The molecule has 2 N–H and O–H groups in total. The van der Waals surface area contributed by atoms with E-state index in [1.54, 1.807) is 6.20 Å². The molecule has 0 saturated carbocycles. The zero-order chi connectivity index (χ0) is 8.81. The average Bonchev–Trinajstić information content (AvgIpc) is 2.46. The van der Waals surface area contributed by atoms with Crippen LogP contribution in [0.2, 0.25) is 0 Å². The summed E-state index contributed by atoms with van der Waals surface area (Å²) in [5.41, 5.74) is 6.43. The first-order valence-electron chi connectivity index (χ1n) is 4.11. The van der Waals surface area contributed by atoms with Gasteiger partial charge in [0.15, 0.2) is 0 Å². The normalized spacial score (nSPS) is 10.5. The van der Waals surface area contributed by atoms with Gasteiger partial charge in [0.1, 0.15) is 0 Å². The minimum absolute atomic E-state index is 0.581. The first kappa shape index (κ1) is 9.22. The van der Waals surface area contributed by atoms with E-state index in [2.05, 4.69) is 5.10 Å². The van der Waals surface area contributed by atoms with Gasteiger partial charge in [-0.15, -0.1) is 0 Å². The molecule has 0 aliphatic heterocycles. The van der Waals surface area contributed by atoms with Crippen molar-refractivity contribution in [1.82, 2.24) is 9.78 Å². The number of ether oxygens (including phenoxy) is 1. The molecule has 1 aromatic rings. The number of rotatable bonds is 5. The van der Waals surface area contributed by atoms with E-state index in [0.717, 1.165) is 12.2 Å². The molecule has 0 radical (unpaired) electrons. The Morgan fingerprint density at radius 2 is 2.42 bits per heavy atom. The Kier molecular flexibility index (Phi) is 3.76. The molecule has 1 aromatic heterocycles. The third-order valence-corrected chi connectivity index (χ3v) is 1.64. The lowest BCUT2D eigenvalue weighted by Crippen LogP contribution is -2.13. The lowest BCUT2D eigenvalue weighted by atomic mass is 10.5. The highest BCUT2D eigenvalue weighted by molar-refractivity contribution is 4.96. The first-order valence-corrected chi connectivity index (χ1v) is 4.11. The smallest absolute Gasteiger partial charge is 0.0663 e. The van der Waals surface area contributed by atoms with Crippen molar-refractivity contribution < 1.29 is 4.74 Å². The fourth-order valence-corrected chi connectivity index (χ4v) is 0.969. The van der Waals surface area contributed by atoms with Crippen LogP contribution < -0.4 is 5.73 Å². The zero-order valence-electron chi connectivity index (χ0n) is 7.36. The summed E-state index contributed by atoms with van der Waals surface area (Å²) in [6.45, 7) is 4.72. The van der Waals surface area contributed by atoms with Crippen molar-refractivity contribution >= 4 is 0 Å². The van der Waals surface area contributed by atoms with E-state index in [1.807, 2.05) is 17.7 Å². The highest BCUT2D eigenvalue weighted by Crippen LogP contribution is 1.94. The molecule has 0 amide bonds. The van der Waals surface area contributed by atoms with E-state index < -0.39 is 0 Å². The number of aryl methyl sites for hydroxylation is 1.